The SMILES string of the molecule is O=C(Cc1ccccc1[N+](=O)[O-])Nc1ccccc1Br. The van der Waals surface area contributed by atoms with Crippen LogP contribution in [0.5, 0.6) is 0 Å². The molecule has 0 aliphatic rings. The lowest BCUT2D eigenvalue weighted by molar-refractivity contribution is -0.385. The topological polar surface area (TPSA) is 72.2 Å². The Morgan fingerprint density at radius 1 is 1.15 bits per heavy atom. The first-order valence-electron chi connectivity index (χ1n) is 5.84. The number of nitrogens with one attached hydrogen (secondary N) is 1. The fourth-order valence-corrected chi connectivity index (χ4v) is 2.15. The van der Waals surface area contributed by atoms with E-state index in [4.69, 9.17) is 0 Å². The third-order valence-corrected chi connectivity index (χ3v) is 3.38. The molecule has 20 heavy (non-hydrogen) atoms. The average Bonchev–Trinajstić information content (AvgIpc) is 2.41. The maximum Gasteiger partial charge on any atom is 0.273 e. The molecule has 1 amide bonds. The van der Waals surface area contributed by atoms with Crippen molar-refractivity contribution in [2.45, 2.75) is 6.42 Å². The van der Waals surface area contributed by atoms with Crippen molar-refractivity contribution in [3.05, 3.63) is 68.7 Å². The number of benzene rings is 2. The summed E-state index contributed by atoms with van der Waals surface area (Å²) in [5.41, 5.74) is 0.980. The molecule has 102 valence electrons. The largest absolute Gasteiger partial charge is 0.325 e. The quantitative estimate of drug-likeness (QED) is 0.686. The Hall–Kier alpha value is -2.21. The molecule has 0 atom stereocenters. The second-order valence-corrected chi connectivity index (χ2v) is 4.94. The van der Waals surface area contributed by atoms with Gasteiger partial charge in [0.2, 0.25) is 5.91 Å². The summed E-state index contributed by atoms with van der Waals surface area (Å²) in [5.74, 6) is -0.300. The van der Waals surface area contributed by atoms with E-state index in [0.29, 0.717) is 11.3 Å². The Morgan fingerprint density at radius 2 is 1.80 bits per heavy atom. The fourth-order valence-electron chi connectivity index (χ4n) is 1.77. The average molecular weight is 335 g/mol. The summed E-state index contributed by atoms with van der Waals surface area (Å²) in [6, 6.07) is 13.4. The van der Waals surface area contributed by atoms with E-state index in [-0.39, 0.29) is 18.0 Å². The van der Waals surface area contributed by atoms with Crippen LogP contribution in [0, 0.1) is 10.1 Å². The third-order valence-electron chi connectivity index (χ3n) is 2.69. The van der Waals surface area contributed by atoms with E-state index >= 15 is 0 Å². The van der Waals surface area contributed by atoms with Crippen molar-refractivity contribution in [1.29, 1.82) is 0 Å². The lowest BCUT2D eigenvalue weighted by Gasteiger charge is -2.07. The van der Waals surface area contributed by atoms with E-state index < -0.39 is 4.92 Å². The smallest absolute Gasteiger partial charge is 0.273 e. The van der Waals surface area contributed by atoms with Crippen LogP contribution in [0.3, 0.4) is 0 Å². The van der Waals surface area contributed by atoms with Crippen LogP contribution in [0.1, 0.15) is 5.56 Å². The van der Waals surface area contributed by atoms with Crippen molar-refractivity contribution >= 4 is 33.2 Å². The zero-order chi connectivity index (χ0) is 14.5. The number of nitro benzene ring substituents is 1. The normalized spacial score (nSPS) is 10.1. The molecule has 0 saturated carbocycles. The Morgan fingerprint density at radius 3 is 2.50 bits per heavy atom. The summed E-state index contributed by atoms with van der Waals surface area (Å²) in [6.45, 7) is 0. The predicted molar refractivity (Wildman–Crippen MR) is 79.6 cm³/mol. The number of rotatable bonds is 4. The highest BCUT2D eigenvalue weighted by Crippen LogP contribution is 2.22. The van der Waals surface area contributed by atoms with E-state index in [1.54, 1.807) is 36.4 Å². The van der Waals surface area contributed by atoms with Crippen LogP contribution < -0.4 is 5.32 Å². The van der Waals surface area contributed by atoms with Crippen molar-refractivity contribution in [2.24, 2.45) is 0 Å². The molecule has 1 N–H and O–H groups in total. The molecule has 0 radical (unpaired) electrons. The number of anilines is 1. The van der Waals surface area contributed by atoms with E-state index in [0.717, 1.165) is 4.47 Å². The Bertz CT molecular complexity index is 658. The van der Waals surface area contributed by atoms with Gasteiger partial charge in [-0.2, -0.15) is 0 Å². The van der Waals surface area contributed by atoms with Crippen LogP contribution in [0.4, 0.5) is 11.4 Å². The van der Waals surface area contributed by atoms with Gasteiger partial charge in [-0.25, -0.2) is 0 Å². The molecule has 5 nitrogen and oxygen atoms in total. The number of hydrogen-bond acceptors (Lipinski definition) is 3. The fraction of sp³-hybridized carbons (Fsp3) is 0.0714. The predicted octanol–water partition coefficient (Wildman–Crippen LogP) is 3.54. The van der Waals surface area contributed by atoms with Crippen LogP contribution in [-0.2, 0) is 11.2 Å². The van der Waals surface area contributed by atoms with Crippen molar-refractivity contribution in [3.8, 4) is 0 Å². The summed E-state index contributed by atoms with van der Waals surface area (Å²) in [7, 11) is 0. The van der Waals surface area contributed by atoms with Crippen LogP contribution in [0.2, 0.25) is 0 Å². The first kappa shape index (κ1) is 14.2. The first-order valence-corrected chi connectivity index (χ1v) is 6.64. The second kappa shape index (κ2) is 6.29. The van der Waals surface area contributed by atoms with Gasteiger partial charge in [-0.15, -0.1) is 0 Å². The summed E-state index contributed by atoms with van der Waals surface area (Å²) in [5, 5.41) is 13.6. The van der Waals surface area contributed by atoms with Crippen molar-refractivity contribution in [2.75, 3.05) is 5.32 Å². The van der Waals surface area contributed by atoms with Crippen LogP contribution >= 0.6 is 15.9 Å². The molecule has 0 spiro atoms. The molecule has 0 heterocycles. The van der Waals surface area contributed by atoms with Crippen molar-refractivity contribution < 1.29 is 9.72 Å². The van der Waals surface area contributed by atoms with E-state index in [9.17, 15) is 14.9 Å². The third kappa shape index (κ3) is 3.42. The summed E-state index contributed by atoms with van der Waals surface area (Å²) in [4.78, 5) is 22.4. The van der Waals surface area contributed by atoms with Gasteiger partial charge in [0.1, 0.15) is 0 Å². The van der Waals surface area contributed by atoms with Crippen molar-refractivity contribution in [1.82, 2.24) is 0 Å². The Kier molecular flexibility index (Phi) is 4.47. The number of hydrogen-bond donors (Lipinski definition) is 1. The molecular weight excluding hydrogens is 324 g/mol. The molecule has 2 aromatic rings. The molecule has 0 aliphatic heterocycles. The van der Waals surface area contributed by atoms with Crippen LogP contribution in [0.15, 0.2) is 53.0 Å². The lowest BCUT2D eigenvalue weighted by Crippen LogP contribution is -2.15. The van der Waals surface area contributed by atoms with Gasteiger partial charge in [-0.05, 0) is 28.1 Å². The zero-order valence-electron chi connectivity index (χ0n) is 10.4. The van der Waals surface area contributed by atoms with Gasteiger partial charge >= 0.3 is 0 Å². The number of carbonyl (C=O) groups excluding carboxylic acids is 1. The van der Waals surface area contributed by atoms with E-state index in [2.05, 4.69) is 21.2 Å². The Labute approximate surface area is 123 Å². The lowest BCUT2D eigenvalue weighted by atomic mass is 10.1. The maximum absolute atomic E-state index is 12.0. The molecule has 0 saturated heterocycles. The van der Waals surface area contributed by atoms with E-state index in [1.165, 1.54) is 6.07 Å². The minimum Gasteiger partial charge on any atom is -0.325 e. The van der Waals surface area contributed by atoms with Crippen LogP contribution in [-0.4, -0.2) is 10.8 Å². The standard InChI is InChI=1S/C14H11BrN2O3/c15-11-6-2-3-7-12(11)16-14(18)9-10-5-1-4-8-13(10)17(19)20/h1-8H,9H2,(H,16,18). The number of para-hydroxylation sites is 2. The minimum absolute atomic E-state index is 0.0432. The molecule has 0 bridgehead atoms. The van der Waals surface area contributed by atoms with E-state index in [1.807, 2.05) is 6.07 Å². The van der Waals surface area contributed by atoms with Gasteiger partial charge in [-0.3, -0.25) is 14.9 Å². The molecule has 0 aliphatic carbocycles. The van der Waals surface area contributed by atoms with Crippen LogP contribution in [0.25, 0.3) is 0 Å². The van der Waals surface area contributed by atoms with Gasteiger partial charge in [-0.1, -0.05) is 30.3 Å². The molecule has 2 aromatic carbocycles. The van der Waals surface area contributed by atoms with Gasteiger partial charge in [0.05, 0.1) is 17.0 Å². The molecule has 0 fully saturated rings. The van der Waals surface area contributed by atoms with Crippen molar-refractivity contribution in [3.63, 3.8) is 0 Å². The molecule has 0 aromatic heterocycles. The van der Waals surface area contributed by atoms with Gasteiger partial charge in [0.25, 0.3) is 5.69 Å². The van der Waals surface area contributed by atoms with Gasteiger partial charge in [0.15, 0.2) is 0 Å². The highest BCUT2D eigenvalue weighted by molar-refractivity contribution is 9.10. The highest BCUT2D eigenvalue weighted by atomic mass is 79.9. The molecule has 6 heteroatoms. The number of amides is 1. The number of carbonyl (C=O) groups is 1. The number of halogens is 1. The van der Waals surface area contributed by atoms with Gasteiger partial charge in [0, 0.05) is 16.1 Å². The summed E-state index contributed by atoms with van der Waals surface area (Å²) >= 11 is 3.32. The molecule has 0 unspecified atom stereocenters. The summed E-state index contributed by atoms with van der Waals surface area (Å²) in [6.07, 6.45) is -0.0432. The Balaban J connectivity index is 2.13. The monoisotopic (exact) mass is 334 g/mol. The second-order valence-electron chi connectivity index (χ2n) is 4.09. The first-order chi connectivity index (χ1) is 9.58. The minimum atomic E-state index is -0.485. The molecular formula is C14H11BrN2O3. The number of nitro groups is 1. The number of nitrogens with zero attached hydrogens (tertiary/aromatic N) is 1. The van der Waals surface area contributed by atoms with Gasteiger partial charge < -0.3 is 5.32 Å². The molecule has 2 rings (SSSR count). The maximum atomic E-state index is 12.0. The zero-order valence-corrected chi connectivity index (χ0v) is 12.0. The summed E-state index contributed by atoms with van der Waals surface area (Å²) < 4.78 is 0.760. The highest BCUT2D eigenvalue weighted by Gasteiger charge is 2.15.